The zero-order valence-corrected chi connectivity index (χ0v) is 15.4. The van der Waals surface area contributed by atoms with Crippen LogP contribution in [0.5, 0.6) is 0 Å². The number of amides is 1. The lowest BCUT2D eigenvalue weighted by Crippen LogP contribution is -2.28. The largest absolute Gasteiger partial charge is 0.326 e. The Labute approximate surface area is 157 Å². The van der Waals surface area contributed by atoms with Crippen LogP contribution in [-0.4, -0.2) is 38.7 Å². The van der Waals surface area contributed by atoms with Crippen LogP contribution in [0.1, 0.15) is 17.2 Å². The van der Waals surface area contributed by atoms with Gasteiger partial charge >= 0.3 is 0 Å². The van der Waals surface area contributed by atoms with Crippen molar-refractivity contribution < 1.29 is 4.79 Å². The number of rotatable bonds is 4. The lowest BCUT2D eigenvalue weighted by Gasteiger charge is -2.17. The van der Waals surface area contributed by atoms with Crippen LogP contribution in [0.4, 0.5) is 5.69 Å². The Morgan fingerprint density at radius 1 is 1.22 bits per heavy atom. The van der Waals surface area contributed by atoms with Gasteiger partial charge in [0.1, 0.15) is 0 Å². The highest BCUT2D eigenvalue weighted by Crippen LogP contribution is 2.29. The van der Waals surface area contributed by atoms with Crippen LogP contribution in [0.3, 0.4) is 0 Å². The molecule has 1 amide bonds. The monoisotopic (exact) mass is 362 g/mol. The van der Waals surface area contributed by atoms with Crippen LogP contribution in [0.25, 0.3) is 11.4 Å². The Bertz CT molecular complexity index is 949. The fourth-order valence-corrected chi connectivity index (χ4v) is 3.46. The molecule has 4 rings (SSSR count). The van der Waals surface area contributed by atoms with Crippen molar-refractivity contribution in [1.82, 2.24) is 25.1 Å². The molecule has 138 valence electrons. The first-order valence-corrected chi connectivity index (χ1v) is 9.00. The Morgan fingerprint density at radius 2 is 2.04 bits per heavy atom. The summed E-state index contributed by atoms with van der Waals surface area (Å²) < 4.78 is 1.77. The standard InChI is InChI=1S/C20H22N6O/c1-13-7-8-22-19(24-13)14-3-5-16(6-4-14)25-20(27)18-11-21-10-17(18)15-9-23-26(2)12-15/h3-9,12,17-18,21H,10-11H2,1-2H3,(H,25,27)/t17-,18+/m1/s1. The minimum absolute atomic E-state index is 0.0217. The summed E-state index contributed by atoms with van der Waals surface area (Å²) in [6.07, 6.45) is 5.57. The molecule has 0 spiro atoms. The molecule has 1 saturated heterocycles. The lowest BCUT2D eigenvalue weighted by atomic mass is 9.90. The number of hydrogen-bond acceptors (Lipinski definition) is 5. The molecule has 3 aromatic rings. The van der Waals surface area contributed by atoms with E-state index in [1.54, 1.807) is 10.9 Å². The summed E-state index contributed by atoms with van der Waals surface area (Å²) in [4.78, 5) is 21.5. The zero-order valence-electron chi connectivity index (χ0n) is 15.4. The van der Waals surface area contributed by atoms with Gasteiger partial charge in [0.05, 0.1) is 12.1 Å². The fourth-order valence-electron chi connectivity index (χ4n) is 3.46. The van der Waals surface area contributed by atoms with Crippen LogP contribution in [0.2, 0.25) is 0 Å². The van der Waals surface area contributed by atoms with E-state index in [2.05, 4.69) is 25.7 Å². The van der Waals surface area contributed by atoms with E-state index in [1.807, 2.05) is 56.7 Å². The molecule has 27 heavy (non-hydrogen) atoms. The van der Waals surface area contributed by atoms with Gasteiger partial charge in [-0.3, -0.25) is 9.48 Å². The van der Waals surface area contributed by atoms with Crippen molar-refractivity contribution in [3.8, 4) is 11.4 Å². The molecule has 7 heteroatoms. The number of nitrogens with one attached hydrogen (secondary N) is 2. The van der Waals surface area contributed by atoms with Gasteiger partial charge in [0.25, 0.3) is 0 Å². The molecule has 1 aromatic carbocycles. The number of carbonyl (C=O) groups excluding carboxylic acids is 1. The molecule has 0 aliphatic carbocycles. The van der Waals surface area contributed by atoms with E-state index in [9.17, 15) is 4.79 Å². The highest BCUT2D eigenvalue weighted by molar-refractivity contribution is 5.93. The lowest BCUT2D eigenvalue weighted by molar-refractivity contribution is -0.119. The Kier molecular flexibility index (Phi) is 4.68. The van der Waals surface area contributed by atoms with Crippen molar-refractivity contribution in [1.29, 1.82) is 0 Å². The van der Waals surface area contributed by atoms with Gasteiger partial charge in [0.2, 0.25) is 5.91 Å². The average molecular weight is 362 g/mol. The minimum atomic E-state index is -0.117. The molecule has 1 aliphatic rings. The second kappa shape index (κ2) is 7.28. The highest BCUT2D eigenvalue weighted by Gasteiger charge is 2.34. The van der Waals surface area contributed by atoms with Crippen molar-refractivity contribution >= 4 is 11.6 Å². The number of carbonyl (C=O) groups is 1. The van der Waals surface area contributed by atoms with Crippen molar-refractivity contribution in [2.45, 2.75) is 12.8 Å². The summed E-state index contributed by atoms with van der Waals surface area (Å²) >= 11 is 0. The van der Waals surface area contributed by atoms with Gasteiger partial charge < -0.3 is 10.6 Å². The number of aromatic nitrogens is 4. The summed E-state index contributed by atoms with van der Waals surface area (Å²) in [6.45, 7) is 3.39. The summed E-state index contributed by atoms with van der Waals surface area (Å²) in [5.41, 5.74) is 3.71. The maximum Gasteiger partial charge on any atom is 0.229 e. The third-order valence-electron chi connectivity index (χ3n) is 4.91. The van der Waals surface area contributed by atoms with Gasteiger partial charge in [0, 0.05) is 55.4 Å². The van der Waals surface area contributed by atoms with E-state index < -0.39 is 0 Å². The smallest absolute Gasteiger partial charge is 0.229 e. The number of aryl methyl sites for hydroxylation is 2. The Morgan fingerprint density at radius 3 is 2.74 bits per heavy atom. The second-order valence-corrected chi connectivity index (χ2v) is 6.91. The normalized spacial score (nSPS) is 19.2. The van der Waals surface area contributed by atoms with Crippen molar-refractivity contribution in [3.63, 3.8) is 0 Å². The minimum Gasteiger partial charge on any atom is -0.326 e. The maximum absolute atomic E-state index is 12.8. The number of nitrogens with zero attached hydrogens (tertiary/aromatic N) is 4. The van der Waals surface area contributed by atoms with E-state index in [0.29, 0.717) is 12.4 Å². The van der Waals surface area contributed by atoms with Crippen LogP contribution in [0, 0.1) is 12.8 Å². The number of hydrogen-bond donors (Lipinski definition) is 2. The SMILES string of the molecule is Cc1ccnc(-c2ccc(NC(=O)[C@H]3CNC[C@@H]3c3cnn(C)c3)cc2)n1. The molecule has 2 N–H and O–H groups in total. The first kappa shape index (κ1) is 17.4. The second-order valence-electron chi connectivity index (χ2n) is 6.91. The predicted octanol–water partition coefficient (Wildman–Crippen LogP) is 2.13. The van der Waals surface area contributed by atoms with E-state index in [1.165, 1.54) is 0 Å². The van der Waals surface area contributed by atoms with E-state index in [-0.39, 0.29) is 17.7 Å². The van der Waals surface area contributed by atoms with Gasteiger partial charge in [-0.15, -0.1) is 0 Å². The molecule has 3 heterocycles. The van der Waals surface area contributed by atoms with E-state index in [4.69, 9.17) is 0 Å². The molecule has 0 bridgehead atoms. The topological polar surface area (TPSA) is 84.7 Å². The molecule has 2 atom stereocenters. The molecule has 7 nitrogen and oxygen atoms in total. The van der Waals surface area contributed by atoms with Crippen molar-refractivity contribution in [3.05, 3.63) is 60.2 Å². The molecule has 1 fully saturated rings. The van der Waals surface area contributed by atoms with Crippen LogP contribution >= 0.6 is 0 Å². The molecule has 1 aliphatic heterocycles. The predicted molar refractivity (Wildman–Crippen MR) is 103 cm³/mol. The molecule has 2 aromatic heterocycles. The van der Waals surface area contributed by atoms with Crippen LogP contribution in [0.15, 0.2) is 48.9 Å². The first-order valence-electron chi connectivity index (χ1n) is 9.00. The van der Waals surface area contributed by atoms with Gasteiger partial charge in [0.15, 0.2) is 5.82 Å². The average Bonchev–Trinajstić information content (AvgIpc) is 3.31. The summed E-state index contributed by atoms with van der Waals surface area (Å²) in [7, 11) is 1.89. The summed E-state index contributed by atoms with van der Waals surface area (Å²) in [5, 5.41) is 10.6. The number of anilines is 1. The molecular weight excluding hydrogens is 340 g/mol. The van der Waals surface area contributed by atoms with E-state index in [0.717, 1.165) is 29.1 Å². The summed E-state index contributed by atoms with van der Waals surface area (Å²) in [6, 6.07) is 9.50. The third kappa shape index (κ3) is 3.73. The van der Waals surface area contributed by atoms with Crippen LogP contribution in [-0.2, 0) is 11.8 Å². The molecule has 0 radical (unpaired) electrons. The van der Waals surface area contributed by atoms with Gasteiger partial charge in [-0.2, -0.15) is 5.10 Å². The van der Waals surface area contributed by atoms with Crippen molar-refractivity contribution in [2.24, 2.45) is 13.0 Å². The van der Waals surface area contributed by atoms with Gasteiger partial charge in [-0.1, -0.05) is 0 Å². The highest BCUT2D eigenvalue weighted by atomic mass is 16.1. The first-order chi connectivity index (χ1) is 13.1. The molecule has 0 saturated carbocycles. The Hall–Kier alpha value is -3.06. The summed E-state index contributed by atoms with van der Waals surface area (Å²) in [5.74, 6) is 0.727. The zero-order chi connectivity index (χ0) is 18.8. The van der Waals surface area contributed by atoms with Gasteiger partial charge in [-0.25, -0.2) is 9.97 Å². The maximum atomic E-state index is 12.8. The molecule has 0 unspecified atom stereocenters. The van der Waals surface area contributed by atoms with Crippen molar-refractivity contribution in [2.75, 3.05) is 18.4 Å². The van der Waals surface area contributed by atoms with Gasteiger partial charge in [-0.05, 0) is 42.8 Å². The Balaban J connectivity index is 1.46. The third-order valence-corrected chi connectivity index (χ3v) is 4.91. The molecular formula is C20H22N6O. The fraction of sp³-hybridized carbons (Fsp3) is 0.300. The van der Waals surface area contributed by atoms with Crippen LogP contribution < -0.4 is 10.6 Å². The number of benzene rings is 1. The quantitative estimate of drug-likeness (QED) is 0.743. The van der Waals surface area contributed by atoms with E-state index >= 15 is 0 Å².